The van der Waals surface area contributed by atoms with Gasteiger partial charge in [0.15, 0.2) is 5.76 Å². The highest BCUT2D eigenvalue weighted by molar-refractivity contribution is 6.07. The van der Waals surface area contributed by atoms with Crippen LogP contribution >= 0.6 is 0 Å². The van der Waals surface area contributed by atoms with E-state index in [2.05, 4.69) is 9.80 Å². The highest BCUT2D eigenvalue weighted by atomic mass is 19.1. The van der Waals surface area contributed by atoms with Gasteiger partial charge in [0, 0.05) is 119 Å². The minimum Gasteiger partial charge on any atom is -0.497 e. The summed E-state index contributed by atoms with van der Waals surface area (Å²) in [5, 5.41) is 14.5. The molecule has 582 valence electrons. The van der Waals surface area contributed by atoms with Crippen LogP contribution in [0, 0.1) is 29.8 Å². The van der Waals surface area contributed by atoms with Gasteiger partial charge >= 0.3 is 23.2 Å². The molecule has 26 nitrogen and oxygen atoms in total. The third-order valence-corrected chi connectivity index (χ3v) is 20.0. The monoisotopic (exact) mass is 1510 g/mol. The van der Waals surface area contributed by atoms with Crippen molar-refractivity contribution in [1.29, 1.82) is 0 Å². The average molecular weight is 1520 g/mol. The maximum absolute atomic E-state index is 13.8. The van der Waals surface area contributed by atoms with Crippen molar-refractivity contribution in [2.45, 2.75) is 60.2 Å². The zero-order valence-electron chi connectivity index (χ0n) is 64.3. The van der Waals surface area contributed by atoms with Gasteiger partial charge in [0.2, 0.25) is 0 Å². The lowest BCUT2D eigenvalue weighted by Crippen LogP contribution is -2.49. The molecule has 13 rings (SSSR count). The third kappa shape index (κ3) is 18.3. The van der Waals surface area contributed by atoms with Crippen molar-refractivity contribution in [3.8, 4) is 5.75 Å². The number of esters is 2. The predicted octanol–water partition coefficient (Wildman–Crippen LogP) is 10.5. The van der Waals surface area contributed by atoms with Gasteiger partial charge in [0.25, 0.3) is 28.8 Å². The van der Waals surface area contributed by atoms with Gasteiger partial charge in [-0.15, -0.1) is 0 Å². The molecule has 0 spiro atoms. The van der Waals surface area contributed by atoms with Gasteiger partial charge < -0.3 is 67.0 Å². The van der Waals surface area contributed by atoms with Crippen LogP contribution in [0.2, 0.25) is 0 Å². The minimum absolute atomic E-state index is 0.0353. The molecule has 6 aromatic carbocycles. The van der Waals surface area contributed by atoms with Crippen LogP contribution in [0.5, 0.6) is 5.75 Å². The van der Waals surface area contributed by atoms with E-state index in [0.29, 0.717) is 142 Å². The summed E-state index contributed by atoms with van der Waals surface area (Å²) >= 11 is 0. The van der Waals surface area contributed by atoms with Crippen LogP contribution in [0.25, 0.3) is 32.7 Å². The number of benzene rings is 6. The second-order valence-electron chi connectivity index (χ2n) is 28.1. The van der Waals surface area contributed by atoms with Crippen LogP contribution in [-0.2, 0) is 29.1 Å². The van der Waals surface area contributed by atoms with E-state index >= 15 is 0 Å². The molecular weight excluding hydrogens is 1420 g/mol. The smallest absolute Gasteiger partial charge is 0.357 e. The van der Waals surface area contributed by atoms with Gasteiger partial charge in [-0.1, -0.05) is 71.8 Å². The molecule has 0 aliphatic carbocycles. The normalized spacial score (nSPS) is 13.8. The number of halogens is 1. The molecule has 111 heavy (non-hydrogen) atoms. The number of hydrogen-bond acceptors (Lipinski definition) is 19. The summed E-state index contributed by atoms with van der Waals surface area (Å²) in [6, 6.07) is 44.3. The number of rotatable bonds is 22. The van der Waals surface area contributed by atoms with Gasteiger partial charge in [-0.3, -0.25) is 43.4 Å². The van der Waals surface area contributed by atoms with E-state index in [4.69, 9.17) is 18.6 Å². The van der Waals surface area contributed by atoms with Gasteiger partial charge in [0.1, 0.15) is 28.4 Å². The minimum atomic E-state index is -0.640. The molecule has 7 heterocycles. The molecule has 3 aliphatic heterocycles. The van der Waals surface area contributed by atoms with Crippen molar-refractivity contribution < 1.29 is 51.9 Å². The number of piperazine rings is 3. The first-order valence-corrected chi connectivity index (χ1v) is 37.4. The van der Waals surface area contributed by atoms with Gasteiger partial charge in [-0.05, 0) is 178 Å². The molecule has 10 aromatic rings. The molecule has 0 saturated carbocycles. The number of carbonyl (C=O) groups is 5. The second-order valence-corrected chi connectivity index (χ2v) is 28.1. The fraction of sp³-hybridized carbons (Fsp3) is 0.357. The lowest BCUT2D eigenvalue weighted by Gasteiger charge is -2.37. The van der Waals surface area contributed by atoms with E-state index < -0.39 is 33.9 Å². The van der Waals surface area contributed by atoms with E-state index in [-0.39, 0.29) is 59.7 Å². The Morgan fingerprint density at radius 3 is 1.36 bits per heavy atom. The van der Waals surface area contributed by atoms with Crippen molar-refractivity contribution in [2.24, 2.45) is 0 Å². The van der Waals surface area contributed by atoms with E-state index in [0.717, 1.165) is 64.4 Å². The van der Waals surface area contributed by atoms with Gasteiger partial charge in [-0.2, -0.15) is 0 Å². The number of furan rings is 1. The summed E-state index contributed by atoms with van der Waals surface area (Å²) < 4.78 is 39.3. The number of amides is 3. The summed E-state index contributed by atoms with van der Waals surface area (Å²) in [5.74, 6) is -1.12. The first-order chi connectivity index (χ1) is 53.5. The predicted molar refractivity (Wildman–Crippen MR) is 427 cm³/mol. The van der Waals surface area contributed by atoms with Crippen LogP contribution in [0.1, 0.15) is 95.4 Å². The largest absolute Gasteiger partial charge is 0.497 e. The van der Waals surface area contributed by atoms with Crippen LogP contribution < -0.4 is 36.1 Å². The third-order valence-electron chi connectivity index (χ3n) is 20.0. The second kappa shape index (κ2) is 36.5. The number of aromatic nitrogens is 3. The van der Waals surface area contributed by atoms with Gasteiger partial charge in [-0.25, -0.2) is 14.0 Å². The maximum atomic E-state index is 13.8. The molecule has 0 radical (unpaired) electrons. The number of ether oxygens (including phenoxy) is 3. The van der Waals surface area contributed by atoms with E-state index in [1.165, 1.54) is 35.1 Å². The number of para-hydroxylation sites is 1. The van der Waals surface area contributed by atoms with Gasteiger partial charge in [0.05, 0.1) is 66.0 Å². The molecule has 0 unspecified atom stereocenters. The molecule has 0 atom stereocenters. The SMILES string of the molecule is CCOC(=O)c1c(N2CCN(C(=O)c3ccc(F)cc3)CC2)c2cc(C)ccc2n(CCCN(C)C)c1=O.CCOC(=O)c1c(N2CCN(C(=O)c3ccco3)CC2)c2cc(C)ccc2n(CCCN(C)C)c1=O.COc1ccc(C(=O)N2CCN(c3c([N+](=O)[O-])c(=O)n(Cc4ccccc4)c4ccccc34)CC2)cc1. The van der Waals surface area contributed by atoms with Crippen molar-refractivity contribution in [3.63, 3.8) is 0 Å². The zero-order valence-corrected chi connectivity index (χ0v) is 64.3. The highest BCUT2D eigenvalue weighted by Crippen LogP contribution is 2.37. The lowest BCUT2D eigenvalue weighted by atomic mass is 10.0. The Morgan fingerprint density at radius 1 is 0.495 bits per heavy atom. The Balaban J connectivity index is 0.000000165. The van der Waals surface area contributed by atoms with Crippen LogP contribution in [0.4, 0.5) is 27.1 Å². The summed E-state index contributed by atoms with van der Waals surface area (Å²) in [7, 11) is 9.52. The summed E-state index contributed by atoms with van der Waals surface area (Å²) in [6.45, 7) is 15.6. The van der Waals surface area contributed by atoms with E-state index in [1.54, 1.807) is 81.2 Å². The summed E-state index contributed by atoms with van der Waals surface area (Å²) in [5.41, 5.74) is 5.87. The molecule has 3 aliphatic rings. The number of carbonyl (C=O) groups excluding carboxylic acids is 5. The Bertz CT molecular complexity index is 5200. The molecule has 3 amide bonds. The molecule has 4 aromatic heterocycles. The molecule has 3 fully saturated rings. The van der Waals surface area contributed by atoms with Crippen LogP contribution in [-0.4, -0.2) is 213 Å². The number of hydrogen-bond donors (Lipinski definition) is 0. The van der Waals surface area contributed by atoms with Crippen LogP contribution in [0.15, 0.2) is 177 Å². The number of anilines is 3. The number of nitro groups is 1. The molecule has 27 heteroatoms. The first kappa shape index (κ1) is 80.1. The fourth-order valence-electron chi connectivity index (χ4n) is 14.5. The number of aryl methyl sites for hydroxylation is 4. The quantitative estimate of drug-likeness (QED) is 0.0347. The number of methoxy groups -OCH3 is 1. The number of fused-ring (bicyclic) bond motifs is 3. The van der Waals surface area contributed by atoms with Crippen molar-refractivity contribution >= 4 is 85.1 Å². The Morgan fingerprint density at radius 2 is 0.928 bits per heavy atom. The van der Waals surface area contributed by atoms with Crippen molar-refractivity contribution in [2.75, 3.05) is 155 Å². The molecular formula is C84H95FN12O14. The van der Waals surface area contributed by atoms with Crippen molar-refractivity contribution in [1.82, 2.24) is 38.2 Å². The highest BCUT2D eigenvalue weighted by Gasteiger charge is 2.36. The Kier molecular flexibility index (Phi) is 26.3. The lowest BCUT2D eigenvalue weighted by molar-refractivity contribution is -0.385. The molecule has 3 saturated heterocycles. The zero-order chi connectivity index (χ0) is 79.2. The topological polar surface area (TPSA) is 261 Å². The van der Waals surface area contributed by atoms with Crippen LogP contribution in [0.3, 0.4) is 0 Å². The standard InChI is InChI=1S/C29H35FN4O4.C28H26N4O5.C27H34N4O5/c1-5-38-29(37)25-26(32-15-17-33(18-16-32)27(35)21-8-10-22(30)11-9-21)23-19-20(2)7-12-24(23)34(28(25)36)14-6-13-31(3)4;1-37-22-13-11-21(12-14-22)27(33)30-17-15-29(16-18-30)25-23-9-5-6-10-24(23)31(28(34)26(25)32(35)36)19-20-7-3-2-4-8-20;1-5-35-27(34)23-24(29-13-15-30(16-14-29)25(32)22-8-6-17-36-22)20-18-19(2)9-10-21(20)31(26(23)33)12-7-11-28(3)4/h7-12,19H,5-6,13-18H2,1-4H3;2-14H,15-19H2,1H3;6,8-10,17-18H,5,7,11-16H2,1-4H3. The Labute approximate surface area is 642 Å². The summed E-state index contributed by atoms with van der Waals surface area (Å²) in [4.78, 5) is 133. The van der Waals surface area contributed by atoms with Crippen molar-refractivity contribution in [3.05, 3.63) is 250 Å². The number of nitrogens with zero attached hydrogens (tertiary/aromatic N) is 12. The van der Waals surface area contributed by atoms with E-state index in [1.807, 2.05) is 148 Å². The fourth-order valence-corrected chi connectivity index (χ4v) is 14.5. The summed E-state index contributed by atoms with van der Waals surface area (Å²) in [6.07, 6.45) is 3.00. The number of pyridine rings is 3. The average Bonchev–Trinajstić information content (AvgIpc) is 0.943. The first-order valence-electron chi connectivity index (χ1n) is 37.4. The molecule has 0 bridgehead atoms. The van der Waals surface area contributed by atoms with E-state index in [9.17, 15) is 52.9 Å². The molecule has 0 N–H and O–H groups in total. The maximum Gasteiger partial charge on any atom is 0.357 e. The Hall–Kier alpha value is -12.0.